The van der Waals surface area contributed by atoms with E-state index in [2.05, 4.69) is 15.5 Å². The van der Waals surface area contributed by atoms with Crippen molar-refractivity contribution < 1.29 is 9.53 Å². The molecular formula is C20H13Cl4N3O2. The summed E-state index contributed by atoms with van der Waals surface area (Å²) in [6.07, 6.45) is 2.89. The molecule has 0 atom stereocenters. The summed E-state index contributed by atoms with van der Waals surface area (Å²) in [6, 6.07) is 13.7. The first-order valence-electron chi connectivity index (χ1n) is 8.25. The Morgan fingerprint density at radius 1 is 1.03 bits per heavy atom. The molecule has 2 aromatic carbocycles. The second-order valence-corrected chi connectivity index (χ2v) is 7.31. The summed E-state index contributed by atoms with van der Waals surface area (Å²) >= 11 is 24.6. The zero-order chi connectivity index (χ0) is 20.8. The zero-order valence-corrected chi connectivity index (χ0v) is 17.7. The number of aromatic nitrogens is 1. The molecule has 5 nitrogen and oxygen atoms in total. The van der Waals surface area contributed by atoms with E-state index in [4.69, 9.17) is 51.1 Å². The molecule has 0 saturated heterocycles. The van der Waals surface area contributed by atoms with Crippen LogP contribution in [0.2, 0.25) is 20.2 Å². The lowest BCUT2D eigenvalue weighted by atomic mass is 10.2. The number of carbonyl (C=O) groups is 1. The van der Waals surface area contributed by atoms with Crippen LogP contribution in [0.25, 0.3) is 0 Å². The Balaban J connectivity index is 1.67. The van der Waals surface area contributed by atoms with Gasteiger partial charge in [0.15, 0.2) is 5.75 Å². The van der Waals surface area contributed by atoms with Crippen LogP contribution in [0.5, 0.6) is 5.75 Å². The van der Waals surface area contributed by atoms with Gasteiger partial charge in [-0.2, -0.15) is 5.10 Å². The highest BCUT2D eigenvalue weighted by Crippen LogP contribution is 2.34. The molecular weight excluding hydrogens is 456 g/mol. The van der Waals surface area contributed by atoms with E-state index in [0.29, 0.717) is 26.4 Å². The van der Waals surface area contributed by atoms with E-state index in [0.717, 1.165) is 5.56 Å². The van der Waals surface area contributed by atoms with E-state index in [9.17, 15) is 4.79 Å². The molecule has 9 heteroatoms. The molecule has 0 radical (unpaired) electrons. The van der Waals surface area contributed by atoms with Gasteiger partial charge >= 0.3 is 0 Å². The Morgan fingerprint density at radius 2 is 1.76 bits per heavy atom. The Bertz CT molecular complexity index is 1050. The van der Waals surface area contributed by atoms with Crippen molar-refractivity contribution in [3.05, 3.63) is 91.6 Å². The first-order chi connectivity index (χ1) is 14.0. The number of halogens is 4. The van der Waals surface area contributed by atoms with Crippen molar-refractivity contribution in [2.75, 3.05) is 0 Å². The van der Waals surface area contributed by atoms with Crippen molar-refractivity contribution >= 4 is 58.5 Å². The smallest absolute Gasteiger partial charge is 0.274 e. The van der Waals surface area contributed by atoms with Crippen LogP contribution in [0.4, 0.5) is 0 Å². The Labute approximate surface area is 187 Å². The third kappa shape index (κ3) is 5.61. The molecule has 1 aromatic heterocycles. The molecule has 1 N–H and O–H groups in total. The lowest BCUT2D eigenvalue weighted by Crippen LogP contribution is -2.18. The fourth-order valence-electron chi connectivity index (χ4n) is 2.34. The third-order valence-electron chi connectivity index (χ3n) is 3.73. The summed E-state index contributed by atoms with van der Waals surface area (Å²) in [5, 5.41) is 5.17. The van der Waals surface area contributed by atoms with Gasteiger partial charge in [-0.05, 0) is 35.9 Å². The minimum atomic E-state index is -0.490. The molecule has 3 aromatic rings. The van der Waals surface area contributed by atoms with Crippen LogP contribution < -0.4 is 10.2 Å². The molecule has 0 aliphatic carbocycles. The van der Waals surface area contributed by atoms with Crippen molar-refractivity contribution in [2.24, 2.45) is 5.10 Å². The van der Waals surface area contributed by atoms with Crippen molar-refractivity contribution in [3.8, 4) is 5.75 Å². The molecule has 3 rings (SSSR count). The lowest BCUT2D eigenvalue weighted by Gasteiger charge is -2.11. The van der Waals surface area contributed by atoms with Crippen molar-refractivity contribution in [1.82, 2.24) is 10.4 Å². The highest BCUT2D eigenvalue weighted by molar-refractivity contribution is 6.37. The highest BCUT2D eigenvalue weighted by Gasteiger charge is 2.12. The first kappa shape index (κ1) is 21.4. The first-order valence-corrected chi connectivity index (χ1v) is 9.76. The maximum absolute atomic E-state index is 12.1. The van der Waals surface area contributed by atoms with E-state index in [-0.39, 0.29) is 17.3 Å². The van der Waals surface area contributed by atoms with Crippen molar-refractivity contribution in [2.45, 2.75) is 6.61 Å². The predicted molar refractivity (Wildman–Crippen MR) is 117 cm³/mol. The average Bonchev–Trinajstić information content (AvgIpc) is 2.69. The van der Waals surface area contributed by atoms with Gasteiger partial charge in [0.1, 0.15) is 11.8 Å². The van der Waals surface area contributed by atoms with E-state index in [1.807, 2.05) is 18.2 Å². The third-order valence-corrected chi connectivity index (χ3v) is 4.97. The molecule has 0 saturated carbocycles. The number of hydrogen-bond donors (Lipinski definition) is 1. The summed E-state index contributed by atoms with van der Waals surface area (Å²) in [4.78, 5) is 15.9. The summed E-state index contributed by atoms with van der Waals surface area (Å²) in [5.74, 6) is -0.159. The summed E-state index contributed by atoms with van der Waals surface area (Å²) in [5.41, 5.74) is 3.96. The number of pyridine rings is 1. The van der Waals surface area contributed by atoms with Crippen LogP contribution in [0.15, 0.2) is 59.8 Å². The molecule has 0 aliphatic rings. The van der Waals surface area contributed by atoms with Gasteiger partial charge in [0, 0.05) is 16.8 Å². The maximum atomic E-state index is 12.1. The SMILES string of the molecule is O=C(NN=Cc1cc(Cl)c(OCc2ccccc2Cl)c(Cl)c1)c1cccnc1Cl. The number of rotatable bonds is 6. The molecule has 0 unspecified atom stereocenters. The number of carbonyl (C=O) groups excluding carboxylic acids is 1. The molecule has 0 fully saturated rings. The second-order valence-electron chi connectivity index (χ2n) is 5.73. The van der Waals surface area contributed by atoms with Crippen LogP contribution >= 0.6 is 46.4 Å². The second kappa shape index (κ2) is 9.94. The van der Waals surface area contributed by atoms with Gasteiger partial charge in [0.25, 0.3) is 5.91 Å². The summed E-state index contributed by atoms with van der Waals surface area (Å²) in [7, 11) is 0. The molecule has 0 aliphatic heterocycles. The van der Waals surface area contributed by atoms with Crippen molar-refractivity contribution in [3.63, 3.8) is 0 Å². The maximum Gasteiger partial charge on any atom is 0.274 e. The average molecular weight is 469 g/mol. The van der Waals surface area contributed by atoms with Gasteiger partial charge in [0.05, 0.1) is 21.8 Å². The summed E-state index contributed by atoms with van der Waals surface area (Å²) in [6.45, 7) is 0.217. The minimum Gasteiger partial charge on any atom is -0.486 e. The fourth-order valence-corrected chi connectivity index (χ4v) is 3.35. The number of hydrazone groups is 1. The number of benzene rings is 2. The number of amides is 1. The van der Waals surface area contributed by atoms with Gasteiger partial charge in [0.2, 0.25) is 0 Å². The van der Waals surface area contributed by atoms with E-state index in [1.165, 1.54) is 12.4 Å². The van der Waals surface area contributed by atoms with Crippen LogP contribution in [0, 0.1) is 0 Å². The van der Waals surface area contributed by atoms with E-state index < -0.39 is 5.91 Å². The Kier molecular flexibility index (Phi) is 7.34. The number of hydrogen-bond acceptors (Lipinski definition) is 4. The normalized spacial score (nSPS) is 10.9. The van der Waals surface area contributed by atoms with Crippen molar-refractivity contribution in [1.29, 1.82) is 0 Å². The van der Waals surface area contributed by atoms with Crippen LogP contribution in [0.1, 0.15) is 21.5 Å². The molecule has 0 spiro atoms. The standard InChI is InChI=1S/C20H13Cl4N3O2/c21-15-6-2-1-4-13(15)11-29-18-16(22)8-12(9-17(18)23)10-26-27-20(28)14-5-3-7-25-19(14)24/h1-10H,11H2,(H,27,28). The van der Waals surface area contributed by atoms with Gasteiger partial charge in [-0.1, -0.05) is 64.6 Å². The Morgan fingerprint density at radius 3 is 2.45 bits per heavy atom. The predicted octanol–water partition coefficient (Wildman–Crippen LogP) is 6.04. The number of ether oxygens (including phenoxy) is 1. The van der Waals surface area contributed by atoms with Gasteiger partial charge < -0.3 is 4.74 Å². The van der Waals surface area contributed by atoms with Crippen LogP contribution in [-0.2, 0) is 6.61 Å². The molecule has 29 heavy (non-hydrogen) atoms. The number of nitrogens with zero attached hydrogens (tertiary/aromatic N) is 2. The van der Waals surface area contributed by atoms with Gasteiger partial charge in [-0.25, -0.2) is 10.4 Å². The molecule has 1 amide bonds. The van der Waals surface area contributed by atoms with E-state index >= 15 is 0 Å². The largest absolute Gasteiger partial charge is 0.486 e. The fraction of sp³-hybridized carbons (Fsp3) is 0.0500. The van der Waals surface area contributed by atoms with E-state index in [1.54, 1.807) is 30.3 Å². The van der Waals surface area contributed by atoms with Gasteiger partial charge in [-0.3, -0.25) is 4.79 Å². The van der Waals surface area contributed by atoms with Crippen LogP contribution in [-0.4, -0.2) is 17.1 Å². The topological polar surface area (TPSA) is 63.6 Å². The Hall–Kier alpha value is -2.31. The lowest BCUT2D eigenvalue weighted by molar-refractivity contribution is 0.0955. The summed E-state index contributed by atoms with van der Waals surface area (Å²) < 4.78 is 5.72. The monoisotopic (exact) mass is 467 g/mol. The molecule has 1 heterocycles. The quantitative estimate of drug-likeness (QED) is 0.272. The molecule has 0 bridgehead atoms. The minimum absolute atomic E-state index is 0.0892. The highest BCUT2D eigenvalue weighted by atomic mass is 35.5. The van der Waals surface area contributed by atoms with Gasteiger partial charge in [-0.15, -0.1) is 0 Å². The zero-order valence-electron chi connectivity index (χ0n) is 14.7. The van der Waals surface area contributed by atoms with Crippen LogP contribution in [0.3, 0.4) is 0 Å². The molecule has 148 valence electrons. The number of nitrogens with one attached hydrogen (secondary N) is 1.